The molecule has 3 rings (SSSR count). The molecule has 112 valence electrons. The summed E-state index contributed by atoms with van der Waals surface area (Å²) in [5.74, 6) is 0. The van der Waals surface area contributed by atoms with Crippen molar-refractivity contribution in [2.45, 2.75) is 49.3 Å². The lowest BCUT2D eigenvalue weighted by atomic mass is 9.79. The van der Waals surface area contributed by atoms with E-state index in [1.54, 1.807) is 18.8 Å². The van der Waals surface area contributed by atoms with Gasteiger partial charge in [0.15, 0.2) is 5.50 Å². The van der Waals surface area contributed by atoms with Crippen LogP contribution in [0.5, 0.6) is 0 Å². The Hall–Kier alpha value is -1.05. The second kappa shape index (κ2) is 5.00. The molecule has 0 bridgehead atoms. The van der Waals surface area contributed by atoms with Gasteiger partial charge in [-0.25, -0.2) is 0 Å². The standard InChI is InChI=1S/C14H20BN3O2S/c1-13(2)14(3,4)20-15(19-13)9-6-7-10-11(8-9)21-12(17-10)18-16-5/h6-8,12,17H,1-5H3. The average Bonchev–Trinajstić information content (AvgIpc) is 2.87. The molecule has 2 aliphatic rings. The van der Waals surface area contributed by atoms with Gasteiger partial charge in [-0.2, -0.15) is 10.2 Å². The van der Waals surface area contributed by atoms with E-state index in [2.05, 4.69) is 49.3 Å². The fourth-order valence-corrected chi connectivity index (χ4v) is 3.35. The molecule has 1 saturated heterocycles. The van der Waals surface area contributed by atoms with Gasteiger partial charge in [-0.1, -0.05) is 17.8 Å². The Morgan fingerprint density at radius 2 is 1.86 bits per heavy atom. The van der Waals surface area contributed by atoms with Crippen LogP contribution in [0, 0.1) is 0 Å². The van der Waals surface area contributed by atoms with Gasteiger partial charge in [0.05, 0.1) is 16.9 Å². The van der Waals surface area contributed by atoms with E-state index in [-0.39, 0.29) is 23.8 Å². The van der Waals surface area contributed by atoms with Crippen molar-refractivity contribution >= 4 is 30.0 Å². The molecule has 0 aromatic heterocycles. The van der Waals surface area contributed by atoms with Crippen LogP contribution in [0.2, 0.25) is 0 Å². The van der Waals surface area contributed by atoms with E-state index < -0.39 is 0 Å². The maximum atomic E-state index is 6.09. The molecular weight excluding hydrogens is 285 g/mol. The molecular formula is C14H20BN3O2S. The first-order valence-electron chi connectivity index (χ1n) is 7.04. The zero-order valence-corrected chi connectivity index (χ0v) is 13.8. The predicted octanol–water partition coefficient (Wildman–Crippen LogP) is 2.87. The minimum atomic E-state index is -0.326. The monoisotopic (exact) mass is 305 g/mol. The first-order valence-corrected chi connectivity index (χ1v) is 7.92. The van der Waals surface area contributed by atoms with Crippen LogP contribution >= 0.6 is 11.8 Å². The van der Waals surface area contributed by atoms with Crippen molar-refractivity contribution in [2.75, 3.05) is 12.4 Å². The maximum Gasteiger partial charge on any atom is 0.494 e. The first kappa shape index (κ1) is 14.9. The van der Waals surface area contributed by atoms with Crippen LogP contribution in [0.15, 0.2) is 33.3 Å². The number of benzene rings is 1. The smallest absolute Gasteiger partial charge is 0.399 e. The Labute approximate surface area is 130 Å². The maximum absolute atomic E-state index is 6.09. The number of thioether (sulfide) groups is 1. The number of hydrogen-bond acceptors (Lipinski definition) is 6. The largest absolute Gasteiger partial charge is 0.494 e. The Morgan fingerprint density at radius 3 is 2.48 bits per heavy atom. The highest BCUT2D eigenvalue weighted by Crippen LogP contribution is 2.40. The van der Waals surface area contributed by atoms with Crippen molar-refractivity contribution in [3.05, 3.63) is 18.2 Å². The summed E-state index contributed by atoms with van der Waals surface area (Å²) in [6.45, 7) is 8.26. The fraction of sp³-hybridized carbons (Fsp3) is 0.571. The zero-order valence-electron chi connectivity index (χ0n) is 13.0. The fourth-order valence-electron chi connectivity index (χ4n) is 2.32. The second-order valence-electron chi connectivity index (χ2n) is 6.27. The summed E-state index contributed by atoms with van der Waals surface area (Å²) in [4.78, 5) is 1.15. The molecule has 7 heteroatoms. The molecule has 2 aliphatic heterocycles. The number of nitrogens with one attached hydrogen (secondary N) is 1. The number of nitrogens with zero attached hydrogens (tertiary/aromatic N) is 2. The molecule has 21 heavy (non-hydrogen) atoms. The quantitative estimate of drug-likeness (QED) is 0.674. The predicted molar refractivity (Wildman–Crippen MR) is 86.2 cm³/mol. The molecule has 1 atom stereocenters. The Balaban J connectivity index is 1.83. The van der Waals surface area contributed by atoms with Gasteiger partial charge in [-0.3, -0.25) is 0 Å². The minimum Gasteiger partial charge on any atom is -0.399 e. The van der Waals surface area contributed by atoms with Crippen molar-refractivity contribution in [2.24, 2.45) is 10.2 Å². The zero-order chi connectivity index (χ0) is 15.3. The van der Waals surface area contributed by atoms with Crippen molar-refractivity contribution in [1.82, 2.24) is 0 Å². The summed E-state index contributed by atoms with van der Waals surface area (Å²) >= 11 is 1.65. The van der Waals surface area contributed by atoms with Crippen LogP contribution in [0.4, 0.5) is 5.69 Å². The highest BCUT2D eigenvalue weighted by molar-refractivity contribution is 8.00. The van der Waals surface area contributed by atoms with Crippen molar-refractivity contribution in [3.8, 4) is 0 Å². The molecule has 0 aliphatic carbocycles. The van der Waals surface area contributed by atoms with Crippen molar-refractivity contribution < 1.29 is 9.31 Å². The minimum absolute atomic E-state index is 0.0430. The van der Waals surface area contributed by atoms with E-state index >= 15 is 0 Å². The molecule has 5 nitrogen and oxygen atoms in total. The number of anilines is 1. The van der Waals surface area contributed by atoms with E-state index in [0.717, 1.165) is 16.0 Å². The van der Waals surface area contributed by atoms with Gasteiger partial charge < -0.3 is 14.6 Å². The highest BCUT2D eigenvalue weighted by atomic mass is 32.2. The first-order chi connectivity index (χ1) is 9.82. The van der Waals surface area contributed by atoms with Gasteiger partial charge in [-0.05, 0) is 45.3 Å². The molecule has 0 amide bonds. The van der Waals surface area contributed by atoms with E-state index in [4.69, 9.17) is 9.31 Å². The van der Waals surface area contributed by atoms with Crippen LogP contribution in [0.3, 0.4) is 0 Å². The molecule has 1 N–H and O–H groups in total. The molecule has 2 heterocycles. The van der Waals surface area contributed by atoms with Gasteiger partial charge in [0.25, 0.3) is 0 Å². The van der Waals surface area contributed by atoms with Crippen LogP contribution in [0.25, 0.3) is 0 Å². The van der Waals surface area contributed by atoms with Crippen LogP contribution < -0.4 is 10.8 Å². The molecule has 1 aromatic rings. The normalized spacial score (nSPS) is 26.1. The van der Waals surface area contributed by atoms with Gasteiger partial charge >= 0.3 is 7.12 Å². The van der Waals surface area contributed by atoms with E-state index in [1.807, 2.05) is 12.1 Å². The second-order valence-corrected chi connectivity index (χ2v) is 7.40. The SMILES string of the molecule is CN=NC1Nc2ccc(B3OC(C)(C)C(C)(C)O3)cc2S1. The Kier molecular flexibility index (Phi) is 3.54. The summed E-state index contributed by atoms with van der Waals surface area (Å²) < 4.78 is 12.2. The molecule has 0 spiro atoms. The summed E-state index contributed by atoms with van der Waals surface area (Å²) in [6, 6.07) is 6.20. The van der Waals surface area contributed by atoms with Crippen molar-refractivity contribution in [1.29, 1.82) is 0 Å². The molecule has 1 unspecified atom stereocenters. The summed E-state index contributed by atoms with van der Waals surface area (Å²) in [7, 11) is 1.36. The van der Waals surface area contributed by atoms with E-state index in [9.17, 15) is 0 Å². The Morgan fingerprint density at radius 1 is 1.19 bits per heavy atom. The highest BCUT2D eigenvalue weighted by Gasteiger charge is 2.51. The van der Waals surface area contributed by atoms with Gasteiger partial charge in [0, 0.05) is 11.9 Å². The summed E-state index contributed by atoms with van der Waals surface area (Å²) in [5, 5.41) is 11.3. The summed E-state index contributed by atoms with van der Waals surface area (Å²) in [5.41, 5.74) is 1.44. The van der Waals surface area contributed by atoms with Gasteiger partial charge in [0.1, 0.15) is 0 Å². The molecule has 1 fully saturated rings. The van der Waals surface area contributed by atoms with Gasteiger partial charge in [-0.15, -0.1) is 0 Å². The Bertz CT molecular complexity index is 576. The van der Waals surface area contributed by atoms with Crippen LogP contribution in [-0.2, 0) is 9.31 Å². The lowest BCUT2D eigenvalue weighted by molar-refractivity contribution is 0.00578. The third kappa shape index (κ3) is 2.58. The van der Waals surface area contributed by atoms with Crippen LogP contribution in [-0.4, -0.2) is 30.9 Å². The average molecular weight is 305 g/mol. The third-order valence-corrected chi connectivity index (χ3v) is 5.30. The summed E-state index contributed by atoms with van der Waals surface area (Å²) in [6.07, 6.45) is 0. The van der Waals surface area contributed by atoms with E-state index in [1.165, 1.54) is 0 Å². The number of fused-ring (bicyclic) bond motifs is 1. The number of hydrogen-bond donors (Lipinski definition) is 1. The van der Waals surface area contributed by atoms with E-state index in [0.29, 0.717) is 0 Å². The van der Waals surface area contributed by atoms with Crippen molar-refractivity contribution in [3.63, 3.8) is 0 Å². The molecule has 0 radical (unpaired) electrons. The van der Waals surface area contributed by atoms with Gasteiger partial charge in [0.2, 0.25) is 0 Å². The molecule has 0 saturated carbocycles. The lowest BCUT2D eigenvalue weighted by Gasteiger charge is -2.32. The number of azo groups is 1. The number of rotatable bonds is 2. The molecule has 1 aromatic carbocycles. The lowest BCUT2D eigenvalue weighted by Crippen LogP contribution is -2.41. The van der Waals surface area contributed by atoms with Crippen LogP contribution in [0.1, 0.15) is 27.7 Å². The third-order valence-electron chi connectivity index (χ3n) is 4.27. The topological polar surface area (TPSA) is 55.2 Å².